The molecular formula is C19H20N4O4. The molecule has 1 aliphatic rings. The molecule has 3 aromatic rings. The first kappa shape index (κ1) is 17.1. The SMILES string of the molecule is COC(=O)C(Cc1c[nH]c2ccccc12)NC(=O)c1cc2n(n1)CCCO2. The highest BCUT2D eigenvalue weighted by Crippen LogP contribution is 2.21. The van der Waals surface area contributed by atoms with E-state index in [-0.39, 0.29) is 5.69 Å². The lowest BCUT2D eigenvalue weighted by atomic mass is 10.0. The zero-order valence-electron chi connectivity index (χ0n) is 14.9. The zero-order chi connectivity index (χ0) is 18.8. The van der Waals surface area contributed by atoms with E-state index < -0.39 is 17.9 Å². The Bertz CT molecular complexity index is 967. The van der Waals surface area contributed by atoms with Crippen LogP contribution in [-0.4, -0.2) is 46.4 Å². The summed E-state index contributed by atoms with van der Waals surface area (Å²) in [6.07, 6.45) is 3.00. The number of nitrogens with zero attached hydrogens (tertiary/aromatic N) is 2. The molecule has 0 saturated heterocycles. The molecule has 1 atom stereocenters. The number of hydrogen-bond donors (Lipinski definition) is 2. The normalized spacial score (nSPS) is 14.3. The molecule has 3 heterocycles. The maximum absolute atomic E-state index is 12.6. The van der Waals surface area contributed by atoms with Crippen LogP contribution in [0.4, 0.5) is 0 Å². The smallest absolute Gasteiger partial charge is 0.328 e. The molecule has 0 radical (unpaired) electrons. The third kappa shape index (κ3) is 3.38. The summed E-state index contributed by atoms with van der Waals surface area (Å²) >= 11 is 0. The first-order chi connectivity index (χ1) is 13.2. The van der Waals surface area contributed by atoms with Gasteiger partial charge in [0.05, 0.1) is 13.7 Å². The van der Waals surface area contributed by atoms with Crippen molar-refractivity contribution in [2.24, 2.45) is 0 Å². The molecule has 1 amide bonds. The van der Waals surface area contributed by atoms with E-state index in [0.29, 0.717) is 25.5 Å². The number of rotatable bonds is 5. The Morgan fingerprint density at radius 3 is 3.07 bits per heavy atom. The fourth-order valence-corrected chi connectivity index (χ4v) is 3.27. The second-order valence-corrected chi connectivity index (χ2v) is 6.41. The Balaban J connectivity index is 1.54. The number of methoxy groups -OCH3 is 1. The number of esters is 1. The van der Waals surface area contributed by atoms with Gasteiger partial charge >= 0.3 is 5.97 Å². The molecule has 0 aliphatic carbocycles. The maximum atomic E-state index is 12.6. The number of aryl methyl sites for hydroxylation is 1. The van der Waals surface area contributed by atoms with Crippen molar-refractivity contribution in [1.29, 1.82) is 0 Å². The van der Waals surface area contributed by atoms with Gasteiger partial charge in [0, 0.05) is 42.6 Å². The monoisotopic (exact) mass is 368 g/mol. The molecule has 8 nitrogen and oxygen atoms in total. The van der Waals surface area contributed by atoms with Gasteiger partial charge in [0.15, 0.2) is 5.69 Å². The quantitative estimate of drug-likeness (QED) is 0.668. The Morgan fingerprint density at radius 1 is 1.41 bits per heavy atom. The van der Waals surface area contributed by atoms with Crippen LogP contribution in [0.3, 0.4) is 0 Å². The zero-order valence-corrected chi connectivity index (χ0v) is 14.9. The van der Waals surface area contributed by atoms with Crippen LogP contribution in [0, 0.1) is 0 Å². The predicted octanol–water partition coefficient (Wildman–Crippen LogP) is 1.66. The fourth-order valence-electron chi connectivity index (χ4n) is 3.27. The van der Waals surface area contributed by atoms with Gasteiger partial charge in [0.1, 0.15) is 6.04 Å². The van der Waals surface area contributed by atoms with Crippen molar-refractivity contribution in [2.75, 3.05) is 13.7 Å². The predicted molar refractivity (Wildman–Crippen MR) is 97.6 cm³/mol. The Kier molecular flexibility index (Phi) is 4.53. The van der Waals surface area contributed by atoms with Gasteiger partial charge in [0.25, 0.3) is 5.91 Å². The molecule has 140 valence electrons. The van der Waals surface area contributed by atoms with E-state index in [2.05, 4.69) is 15.4 Å². The number of carbonyl (C=O) groups is 2. The van der Waals surface area contributed by atoms with Crippen molar-refractivity contribution >= 4 is 22.8 Å². The van der Waals surface area contributed by atoms with Gasteiger partial charge in [-0.05, 0) is 11.6 Å². The highest BCUT2D eigenvalue weighted by atomic mass is 16.5. The van der Waals surface area contributed by atoms with Crippen molar-refractivity contribution in [2.45, 2.75) is 25.4 Å². The number of amides is 1. The van der Waals surface area contributed by atoms with Crippen molar-refractivity contribution < 1.29 is 19.1 Å². The van der Waals surface area contributed by atoms with E-state index in [1.165, 1.54) is 7.11 Å². The number of H-pyrrole nitrogens is 1. The van der Waals surface area contributed by atoms with Gasteiger partial charge in [-0.15, -0.1) is 0 Å². The molecular weight excluding hydrogens is 348 g/mol. The van der Waals surface area contributed by atoms with Gasteiger partial charge in [-0.3, -0.25) is 4.79 Å². The summed E-state index contributed by atoms with van der Waals surface area (Å²) < 4.78 is 12.0. The van der Waals surface area contributed by atoms with Gasteiger partial charge in [0.2, 0.25) is 5.88 Å². The Labute approximate surface area is 155 Å². The summed E-state index contributed by atoms with van der Waals surface area (Å²) in [5.74, 6) is -0.373. The largest absolute Gasteiger partial charge is 0.478 e. The molecule has 4 rings (SSSR count). The number of aromatic amines is 1. The molecule has 27 heavy (non-hydrogen) atoms. The molecule has 0 saturated carbocycles. The van der Waals surface area contributed by atoms with Crippen LogP contribution in [0.1, 0.15) is 22.5 Å². The van der Waals surface area contributed by atoms with E-state index in [4.69, 9.17) is 9.47 Å². The summed E-state index contributed by atoms with van der Waals surface area (Å²) in [6, 6.07) is 8.57. The van der Waals surface area contributed by atoms with E-state index in [1.807, 2.05) is 30.5 Å². The minimum Gasteiger partial charge on any atom is -0.478 e. The first-order valence-corrected chi connectivity index (χ1v) is 8.80. The van der Waals surface area contributed by atoms with Crippen molar-refractivity contribution in [1.82, 2.24) is 20.1 Å². The van der Waals surface area contributed by atoms with Gasteiger partial charge in [-0.2, -0.15) is 5.10 Å². The lowest BCUT2D eigenvalue weighted by Crippen LogP contribution is -2.43. The van der Waals surface area contributed by atoms with Crippen molar-refractivity contribution in [3.05, 3.63) is 47.8 Å². The van der Waals surface area contributed by atoms with Gasteiger partial charge < -0.3 is 19.8 Å². The first-order valence-electron chi connectivity index (χ1n) is 8.80. The van der Waals surface area contributed by atoms with Crippen LogP contribution >= 0.6 is 0 Å². The summed E-state index contributed by atoms with van der Waals surface area (Å²) in [5, 5.41) is 8.00. The van der Waals surface area contributed by atoms with Crippen LogP contribution in [0.5, 0.6) is 5.88 Å². The minimum atomic E-state index is -0.818. The van der Waals surface area contributed by atoms with Crippen LogP contribution in [0.15, 0.2) is 36.5 Å². The van der Waals surface area contributed by atoms with E-state index in [0.717, 1.165) is 22.9 Å². The van der Waals surface area contributed by atoms with Crippen LogP contribution in [-0.2, 0) is 22.5 Å². The molecule has 8 heteroatoms. The van der Waals surface area contributed by atoms with Crippen LogP contribution in [0.2, 0.25) is 0 Å². The fraction of sp³-hybridized carbons (Fsp3) is 0.316. The number of nitrogens with one attached hydrogen (secondary N) is 2. The molecule has 2 aromatic heterocycles. The number of para-hydroxylation sites is 1. The van der Waals surface area contributed by atoms with E-state index in [1.54, 1.807) is 10.7 Å². The molecule has 0 bridgehead atoms. The molecule has 0 spiro atoms. The highest BCUT2D eigenvalue weighted by Gasteiger charge is 2.26. The van der Waals surface area contributed by atoms with E-state index >= 15 is 0 Å². The average Bonchev–Trinajstić information content (AvgIpc) is 3.31. The number of ether oxygens (including phenoxy) is 2. The Hall–Kier alpha value is -3.29. The minimum absolute atomic E-state index is 0.222. The topological polar surface area (TPSA) is 98.2 Å². The van der Waals surface area contributed by atoms with Crippen molar-refractivity contribution in [3.63, 3.8) is 0 Å². The standard InChI is InChI=1S/C19H20N4O4/c1-26-19(25)16(9-12-11-20-14-6-3-2-5-13(12)14)21-18(24)15-10-17-23(22-15)7-4-8-27-17/h2-3,5-6,10-11,16,20H,4,7-9H2,1H3,(H,21,24). The third-order valence-corrected chi connectivity index (χ3v) is 4.63. The summed E-state index contributed by atoms with van der Waals surface area (Å²) in [5.41, 5.74) is 2.12. The Morgan fingerprint density at radius 2 is 2.26 bits per heavy atom. The second-order valence-electron chi connectivity index (χ2n) is 6.41. The second kappa shape index (κ2) is 7.14. The number of aromatic nitrogens is 3. The number of benzene rings is 1. The number of carbonyl (C=O) groups excluding carboxylic acids is 2. The molecule has 2 N–H and O–H groups in total. The van der Waals surface area contributed by atoms with E-state index in [9.17, 15) is 9.59 Å². The molecule has 1 aliphatic heterocycles. The lowest BCUT2D eigenvalue weighted by Gasteiger charge is -2.15. The van der Waals surface area contributed by atoms with Gasteiger partial charge in [-0.1, -0.05) is 18.2 Å². The number of fused-ring (bicyclic) bond motifs is 2. The highest BCUT2D eigenvalue weighted by molar-refractivity contribution is 5.95. The number of hydrogen-bond acceptors (Lipinski definition) is 5. The van der Waals surface area contributed by atoms with Gasteiger partial charge in [-0.25, -0.2) is 9.48 Å². The maximum Gasteiger partial charge on any atom is 0.328 e. The molecule has 1 unspecified atom stereocenters. The molecule has 1 aromatic carbocycles. The summed E-state index contributed by atoms with van der Waals surface area (Å²) in [4.78, 5) is 28.0. The summed E-state index contributed by atoms with van der Waals surface area (Å²) in [6.45, 7) is 1.32. The lowest BCUT2D eigenvalue weighted by molar-refractivity contribution is -0.142. The third-order valence-electron chi connectivity index (χ3n) is 4.63. The van der Waals surface area contributed by atoms with Crippen molar-refractivity contribution in [3.8, 4) is 5.88 Å². The van der Waals surface area contributed by atoms with Crippen LogP contribution < -0.4 is 10.1 Å². The average molecular weight is 368 g/mol. The molecule has 0 fully saturated rings. The summed E-state index contributed by atoms with van der Waals surface area (Å²) in [7, 11) is 1.31. The van der Waals surface area contributed by atoms with Crippen LogP contribution in [0.25, 0.3) is 10.9 Å².